The van der Waals surface area contributed by atoms with Crippen molar-refractivity contribution >= 4 is 0 Å². The third kappa shape index (κ3) is 1.09. The lowest BCUT2D eigenvalue weighted by molar-refractivity contribution is -0.213. The SMILES string of the molecule is O[C@@]12CC=CC[C@@]13CCC=C[C@]3(O)CCC2. The molecule has 3 rings (SSSR count). The van der Waals surface area contributed by atoms with Gasteiger partial charge in [0, 0.05) is 5.41 Å². The zero-order valence-corrected chi connectivity index (χ0v) is 9.65. The Labute approximate surface area is 96.7 Å². The fraction of sp³-hybridized carbons (Fsp3) is 0.714. The van der Waals surface area contributed by atoms with Crippen LogP contribution in [-0.4, -0.2) is 21.4 Å². The van der Waals surface area contributed by atoms with Crippen molar-refractivity contribution in [1.82, 2.24) is 0 Å². The van der Waals surface area contributed by atoms with Crippen LogP contribution < -0.4 is 0 Å². The maximum Gasteiger partial charge on any atom is 0.0914 e. The van der Waals surface area contributed by atoms with Crippen LogP contribution in [0.5, 0.6) is 0 Å². The van der Waals surface area contributed by atoms with Crippen LogP contribution in [0.2, 0.25) is 0 Å². The van der Waals surface area contributed by atoms with E-state index in [9.17, 15) is 10.2 Å². The molecule has 2 N–H and O–H groups in total. The molecule has 2 heteroatoms. The fourth-order valence-corrected chi connectivity index (χ4v) is 4.16. The largest absolute Gasteiger partial charge is 0.389 e. The summed E-state index contributed by atoms with van der Waals surface area (Å²) in [4.78, 5) is 0. The highest BCUT2D eigenvalue weighted by atomic mass is 16.3. The summed E-state index contributed by atoms with van der Waals surface area (Å²) < 4.78 is 0. The zero-order chi connectivity index (χ0) is 11.3. The van der Waals surface area contributed by atoms with E-state index >= 15 is 0 Å². The predicted molar refractivity (Wildman–Crippen MR) is 62.9 cm³/mol. The lowest BCUT2D eigenvalue weighted by Crippen LogP contribution is -2.65. The molecular weight excluding hydrogens is 200 g/mol. The highest BCUT2D eigenvalue weighted by Crippen LogP contribution is 2.60. The van der Waals surface area contributed by atoms with E-state index in [0.717, 1.165) is 38.5 Å². The van der Waals surface area contributed by atoms with Gasteiger partial charge >= 0.3 is 0 Å². The molecule has 1 fully saturated rings. The number of hydrogen-bond donors (Lipinski definition) is 2. The van der Waals surface area contributed by atoms with Crippen LogP contribution in [-0.2, 0) is 0 Å². The predicted octanol–water partition coefficient (Wildman–Crippen LogP) is 2.32. The van der Waals surface area contributed by atoms with Gasteiger partial charge in [-0.05, 0) is 44.9 Å². The maximum absolute atomic E-state index is 10.9. The molecule has 2 nitrogen and oxygen atoms in total. The summed E-state index contributed by atoms with van der Waals surface area (Å²) in [5, 5.41) is 21.8. The van der Waals surface area contributed by atoms with E-state index in [4.69, 9.17) is 0 Å². The van der Waals surface area contributed by atoms with Crippen LogP contribution in [0.1, 0.15) is 44.9 Å². The Morgan fingerprint density at radius 2 is 1.69 bits per heavy atom. The summed E-state index contributed by atoms with van der Waals surface area (Å²) in [6.45, 7) is 0. The van der Waals surface area contributed by atoms with Gasteiger partial charge in [-0.2, -0.15) is 0 Å². The van der Waals surface area contributed by atoms with E-state index in [0.29, 0.717) is 6.42 Å². The van der Waals surface area contributed by atoms with Crippen LogP contribution in [0.3, 0.4) is 0 Å². The van der Waals surface area contributed by atoms with Gasteiger partial charge in [0.2, 0.25) is 0 Å². The monoisotopic (exact) mass is 220 g/mol. The quantitative estimate of drug-likeness (QED) is 0.615. The average Bonchev–Trinajstić information content (AvgIpc) is 2.26. The van der Waals surface area contributed by atoms with Crippen molar-refractivity contribution < 1.29 is 10.2 Å². The van der Waals surface area contributed by atoms with E-state index in [2.05, 4.69) is 18.2 Å². The Kier molecular flexibility index (Phi) is 2.11. The molecule has 0 radical (unpaired) electrons. The average molecular weight is 220 g/mol. The van der Waals surface area contributed by atoms with Crippen molar-refractivity contribution in [2.45, 2.75) is 56.1 Å². The molecule has 88 valence electrons. The molecule has 3 aliphatic carbocycles. The number of hydrogen-bond acceptors (Lipinski definition) is 2. The molecule has 0 aliphatic heterocycles. The normalized spacial score (nSPS) is 50.9. The van der Waals surface area contributed by atoms with Gasteiger partial charge < -0.3 is 10.2 Å². The van der Waals surface area contributed by atoms with E-state index in [-0.39, 0.29) is 5.41 Å². The van der Waals surface area contributed by atoms with E-state index in [1.807, 2.05) is 6.08 Å². The van der Waals surface area contributed by atoms with Gasteiger partial charge in [0.25, 0.3) is 0 Å². The maximum atomic E-state index is 10.9. The second-order valence-corrected chi connectivity index (χ2v) is 5.71. The van der Waals surface area contributed by atoms with Gasteiger partial charge in [0.15, 0.2) is 0 Å². The Morgan fingerprint density at radius 1 is 0.875 bits per heavy atom. The Hall–Kier alpha value is -0.600. The second kappa shape index (κ2) is 3.21. The minimum Gasteiger partial charge on any atom is -0.389 e. The van der Waals surface area contributed by atoms with Crippen LogP contribution >= 0.6 is 0 Å². The Balaban J connectivity index is 2.13. The van der Waals surface area contributed by atoms with Gasteiger partial charge in [-0.1, -0.05) is 24.3 Å². The zero-order valence-electron chi connectivity index (χ0n) is 9.65. The first-order valence-electron chi connectivity index (χ1n) is 6.40. The van der Waals surface area contributed by atoms with Crippen molar-refractivity contribution in [1.29, 1.82) is 0 Å². The first kappa shape index (κ1) is 10.5. The molecule has 0 aromatic heterocycles. The third-order valence-corrected chi connectivity index (χ3v) is 5.09. The van der Waals surface area contributed by atoms with Gasteiger partial charge in [-0.25, -0.2) is 0 Å². The van der Waals surface area contributed by atoms with Crippen LogP contribution in [0.15, 0.2) is 24.3 Å². The lowest BCUT2D eigenvalue weighted by atomic mass is 9.48. The molecule has 0 amide bonds. The van der Waals surface area contributed by atoms with Crippen LogP contribution in [0.25, 0.3) is 0 Å². The minimum atomic E-state index is -0.775. The number of aliphatic hydroxyl groups is 2. The van der Waals surface area contributed by atoms with Crippen LogP contribution in [0, 0.1) is 5.41 Å². The van der Waals surface area contributed by atoms with E-state index in [1.165, 1.54) is 0 Å². The molecule has 1 saturated carbocycles. The molecule has 3 aliphatic rings. The first-order valence-corrected chi connectivity index (χ1v) is 6.40. The molecule has 0 saturated heterocycles. The molecule has 0 heterocycles. The molecule has 3 atom stereocenters. The summed E-state index contributed by atoms with van der Waals surface area (Å²) in [7, 11) is 0. The van der Waals surface area contributed by atoms with Crippen molar-refractivity contribution in [3.63, 3.8) is 0 Å². The molecule has 0 bridgehead atoms. The summed E-state index contributed by atoms with van der Waals surface area (Å²) in [6, 6.07) is 0. The standard InChI is InChI=1S/C14H20O2/c15-13-8-3-1-6-12(13)7-2-4-9-14(12,16)11-5-10-13/h1,3-4,9,15-16H,2,5-8,10-11H2/t12-,13-,14+/m1/s1. The molecular formula is C14H20O2. The first-order chi connectivity index (χ1) is 7.62. The molecule has 16 heavy (non-hydrogen) atoms. The van der Waals surface area contributed by atoms with Gasteiger partial charge in [-0.3, -0.25) is 0 Å². The molecule has 0 unspecified atom stereocenters. The third-order valence-electron chi connectivity index (χ3n) is 5.09. The van der Waals surface area contributed by atoms with Crippen LogP contribution in [0.4, 0.5) is 0 Å². The van der Waals surface area contributed by atoms with E-state index < -0.39 is 11.2 Å². The highest BCUT2D eigenvalue weighted by molar-refractivity contribution is 5.27. The topological polar surface area (TPSA) is 40.5 Å². The summed E-state index contributed by atoms with van der Waals surface area (Å²) in [5.41, 5.74) is -1.77. The Bertz CT molecular complexity index is 360. The minimum absolute atomic E-state index is 0.318. The molecule has 0 aromatic carbocycles. The van der Waals surface area contributed by atoms with Crippen molar-refractivity contribution in [2.75, 3.05) is 0 Å². The smallest absolute Gasteiger partial charge is 0.0914 e. The Morgan fingerprint density at radius 3 is 2.56 bits per heavy atom. The number of allylic oxidation sites excluding steroid dienone is 2. The van der Waals surface area contributed by atoms with Gasteiger partial charge in [-0.15, -0.1) is 0 Å². The second-order valence-electron chi connectivity index (χ2n) is 5.71. The molecule has 1 spiro atoms. The van der Waals surface area contributed by atoms with Crippen molar-refractivity contribution in [3.05, 3.63) is 24.3 Å². The van der Waals surface area contributed by atoms with Crippen molar-refractivity contribution in [2.24, 2.45) is 5.41 Å². The summed E-state index contributed by atoms with van der Waals surface area (Å²) in [5.74, 6) is 0. The highest BCUT2D eigenvalue weighted by Gasteiger charge is 2.63. The lowest BCUT2D eigenvalue weighted by Gasteiger charge is -2.61. The number of rotatable bonds is 0. The summed E-state index contributed by atoms with van der Waals surface area (Å²) in [6.07, 6.45) is 14.3. The molecule has 0 aromatic rings. The van der Waals surface area contributed by atoms with Crippen molar-refractivity contribution in [3.8, 4) is 0 Å². The van der Waals surface area contributed by atoms with E-state index in [1.54, 1.807) is 0 Å². The summed E-state index contributed by atoms with van der Waals surface area (Å²) >= 11 is 0. The fourth-order valence-electron chi connectivity index (χ4n) is 4.16. The van der Waals surface area contributed by atoms with Gasteiger partial charge in [0.1, 0.15) is 0 Å². The van der Waals surface area contributed by atoms with Gasteiger partial charge in [0.05, 0.1) is 11.2 Å².